The van der Waals surface area contributed by atoms with Crippen LogP contribution in [0.15, 0.2) is 10.2 Å². The minimum Gasteiger partial charge on any atom is -0.198 e. The van der Waals surface area contributed by atoms with Crippen LogP contribution in [0.5, 0.6) is 0 Å². The highest BCUT2D eigenvalue weighted by Crippen LogP contribution is 1.97. The molecule has 0 fully saturated rings. The first-order valence-corrected chi connectivity index (χ1v) is 3.03. The Kier molecular flexibility index (Phi) is 4.51. The minimum atomic E-state index is 0.750. The predicted octanol–water partition coefficient (Wildman–Crippen LogP) is 2.11. The van der Waals surface area contributed by atoms with Crippen molar-refractivity contribution in [3.63, 3.8) is 0 Å². The van der Waals surface area contributed by atoms with Gasteiger partial charge < -0.3 is 0 Å². The molecule has 0 aromatic rings. The molecule has 0 aliphatic heterocycles. The monoisotopic (exact) mass is 114 g/mol. The Morgan fingerprint density at radius 1 is 1.38 bits per heavy atom. The summed E-state index contributed by atoms with van der Waals surface area (Å²) in [5.41, 5.74) is 0. The fourth-order valence-corrected chi connectivity index (χ4v) is 0.416. The van der Waals surface area contributed by atoms with E-state index in [0.29, 0.717) is 0 Å². The van der Waals surface area contributed by atoms with E-state index in [2.05, 4.69) is 24.1 Å². The zero-order valence-corrected chi connectivity index (χ0v) is 5.89. The lowest BCUT2D eigenvalue weighted by molar-refractivity contribution is 0.588. The van der Waals surface area contributed by atoms with Gasteiger partial charge in [-0.1, -0.05) is 13.8 Å². The van der Waals surface area contributed by atoms with Gasteiger partial charge >= 0.3 is 0 Å². The molecule has 0 aromatic carbocycles. The van der Waals surface area contributed by atoms with Gasteiger partial charge in [-0.25, -0.2) is 0 Å². The van der Waals surface area contributed by atoms with Crippen LogP contribution in [0.1, 0.15) is 20.3 Å². The first-order valence-electron chi connectivity index (χ1n) is 3.03. The van der Waals surface area contributed by atoms with Gasteiger partial charge in [0.25, 0.3) is 0 Å². The van der Waals surface area contributed by atoms with Gasteiger partial charge in [0.1, 0.15) is 0 Å². The molecule has 0 unspecified atom stereocenters. The van der Waals surface area contributed by atoms with Crippen LogP contribution in [-0.4, -0.2) is 13.6 Å². The Hall–Kier alpha value is -0.400. The lowest BCUT2D eigenvalue weighted by Gasteiger charge is -1.96. The maximum atomic E-state index is 3.84. The van der Waals surface area contributed by atoms with Gasteiger partial charge in [-0.15, -0.1) is 0 Å². The molecule has 0 atom stereocenters. The highest BCUT2D eigenvalue weighted by atomic mass is 15.1. The summed E-state index contributed by atoms with van der Waals surface area (Å²) in [7, 11) is 1.71. The molecule has 0 spiro atoms. The molecule has 2 heteroatoms. The lowest BCUT2D eigenvalue weighted by Crippen LogP contribution is -1.88. The molecule has 0 saturated heterocycles. The van der Waals surface area contributed by atoms with Crippen LogP contribution < -0.4 is 0 Å². The molecular weight excluding hydrogens is 100 g/mol. The second-order valence-electron chi connectivity index (χ2n) is 2.25. The van der Waals surface area contributed by atoms with Gasteiger partial charge in [0.15, 0.2) is 0 Å². The number of rotatable bonds is 3. The maximum absolute atomic E-state index is 3.84. The van der Waals surface area contributed by atoms with Crippen molar-refractivity contribution in [1.82, 2.24) is 0 Å². The third-order valence-electron chi connectivity index (χ3n) is 0.948. The minimum absolute atomic E-state index is 0.750. The van der Waals surface area contributed by atoms with Crippen LogP contribution in [0.2, 0.25) is 0 Å². The number of hydrogen-bond donors (Lipinski definition) is 0. The molecule has 0 amide bonds. The van der Waals surface area contributed by atoms with Crippen molar-refractivity contribution >= 4 is 0 Å². The van der Waals surface area contributed by atoms with Crippen molar-refractivity contribution in [2.24, 2.45) is 16.1 Å². The third-order valence-corrected chi connectivity index (χ3v) is 0.948. The number of azo groups is 1. The SMILES string of the molecule is C/N=N/CCC(C)C. The Morgan fingerprint density at radius 2 is 2.00 bits per heavy atom. The Bertz CT molecular complexity index is 66.9. The molecule has 0 rings (SSSR count). The van der Waals surface area contributed by atoms with Gasteiger partial charge in [0, 0.05) is 7.05 Å². The van der Waals surface area contributed by atoms with Crippen molar-refractivity contribution in [2.75, 3.05) is 13.6 Å². The van der Waals surface area contributed by atoms with Gasteiger partial charge in [0.05, 0.1) is 6.54 Å². The topological polar surface area (TPSA) is 24.7 Å². The quantitative estimate of drug-likeness (QED) is 0.502. The molecular formula is C6H14N2. The zero-order chi connectivity index (χ0) is 6.41. The Labute approximate surface area is 51.0 Å². The van der Waals surface area contributed by atoms with Crippen LogP contribution >= 0.6 is 0 Å². The van der Waals surface area contributed by atoms with Crippen LogP contribution in [-0.2, 0) is 0 Å². The first kappa shape index (κ1) is 7.60. The lowest BCUT2D eigenvalue weighted by atomic mass is 10.1. The van der Waals surface area contributed by atoms with E-state index in [1.54, 1.807) is 7.05 Å². The largest absolute Gasteiger partial charge is 0.198 e. The molecule has 8 heavy (non-hydrogen) atoms. The standard InChI is InChI=1S/C6H14N2/c1-6(2)4-5-8-7-3/h6H,4-5H2,1-3H3/b8-7+. The van der Waals surface area contributed by atoms with E-state index in [0.717, 1.165) is 18.9 Å². The summed E-state index contributed by atoms with van der Waals surface area (Å²) < 4.78 is 0. The summed E-state index contributed by atoms with van der Waals surface area (Å²) in [6, 6.07) is 0. The van der Waals surface area contributed by atoms with E-state index in [4.69, 9.17) is 0 Å². The normalized spacial score (nSPS) is 11.5. The molecule has 0 N–H and O–H groups in total. The summed E-state index contributed by atoms with van der Waals surface area (Å²) >= 11 is 0. The van der Waals surface area contributed by atoms with Crippen LogP contribution in [0, 0.1) is 5.92 Å². The van der Waals surface area contributed by atoms with Crippen molar-refractivity contribution in [2.45, 2.75) is 20.3 Å². The molecule has 48 valence electrons. The van der Waals surface area contributed by atoms with E-state index in [1.807, 2.05) is 0 Å². The summed E-state index contributed by atoms with van der Waals surface area (Å²) in [4.78, 5) is 0. The van der Waals surface area contributed by atoms with E-state index in [9.17, 15) is 0 Å². The smallest absolute Gasteiger partial charge is 0.0601 e. The Morgan fingerprint density at radius 3 is 2.38 bits per heavy atom. The van der Waals surface area contributed by atoms with E-state index < -0.39 is 0 Å². The number of hydrogen-bond acceptors (Lipinski definition) is 2. The second-order valence-corrected chi connectivity index (χ2v) is 2.25. The summed E-state index contributed by atoms with van der Waals surface area (Å²) in [6.07, 6.45) is 1.15. The molecule has 0 aromatic heterocycles. The van der Waals surface area contributed by atoms with Crippen molar-refractivity contribution < 1.29 is 0 Å². The van der Waals surface area contributed by atoms with Crippen molar-refractivity contribution in [3.8, 4) is 0 Å². The zero-order valence-electron chi connectivity index (χ0n) is 5.89. The van der Waals surface area contributed by atoms with Gasteiger partial charge in [0.2, 0.25) is 0 Å². The average molecular weight is 114 g/mol. The molecule has 0 saturated carbocycles. The van der Waals surface area contributed by atoms with Crippen LogP contribution in [0.3, 0.4) is 0 Å². The van der Waals surface area contributed by atoms with Crippen LogP contribution in [0.4, 0.5) is 0 Å². The average Bonchev–Trinajstić information content (AvgIpc) is 1.66. The highest BCUT2D eigenvalue weighted by molar-refractivity contribution is 4.45. The Balaban J connectivity index is 2.93. The summed E-state index contributed by atoms with van der Waals surface area (Å²) in [5, 5.41) is 7.47. The highest BCUT2D eigenvalue weighted by Gasteiger charge is 1.89. The molecule has 0 heterocycles. The molecule has 0 aliphatic rings. The number of nitrogens with zero attached hydrogens (tertiary/aromatic N) is 2. The second kappa shape index (κ2) is 4.75. The van der Waals surface area contributed by atoms with Crippen molar-refractivity contribution in [1.29, 1.82) is 0 Å². The predicted molar refractivity (Wildman–Crippen MR) is 35.1 cm³/mol. The van der Waals surface area contributed by atoms with E-state index >= 15 is 0 Å². The molecule has 0 radical (unpaired) electrons. The van der Waals surface area contributed by atoms with E-state index in [-0.39, 0.29) is 0 Å². The van der Waals surface area contributed by atoms with Gasteiger partial charge in [-0.05, 0) is 12.3 Å². The van der Waals surface area contributed by atoms with Gasteiger partial charge in [-0.3, -0.25) is 0 Å². The van der Waals surface area contributed by atoms with Crippen molar-refractivity contribution in [3.05, 3.63) is 0 Å². The summed E-state index contributed by atoms with van der Waals surface area (Å²) in [6.45, 7) is 5.25. The third kappa shape index (κ3) is 5.60. The maximum Gasteiger partial charge on any atom is 0.0601 e. The van der Waals surface area contributed by atoms with Gasteiger partial charge in [-0.2, -0.15) is 10.2 Å². The molecule has 2 nitrogen and oxygen atoms in total. The molecule has 0 bridgehead atoms. The first-order chi connectivity index (χ1) is 3.77. The molecule has 0 aliphatic carbocycles. The van der Waals surface area contributed by atoms with Crippen LogP contribution in [0.25, 0.3) is 0 Å². The van der Waals surface area contributed by atoms with E-state index in [1.165, 1.54) is 0 Å². The fraction of sp³-hybridized carbons (Fsp3) is 1.00. The summed E-state index contributed by atoms with van der Waals surface area (Å²) in [5.74, 6) is 0.750. The fourth-order valence-electron chi connectivity index (χ4n) is 0.416.